The van der Waals surface area contributed by atoms with Gasteiger partial charge >= 0.3 is 0 Å². The average Bonchev–Trinajstić information content (AvgIpc) is 2.90. The molecular weight excluding hydrogens is 256 g/mol. The lowest BCUT2D eigenvalue weighted by Gasteiger charge is -2.09. The van der Waals surface area contributed by atoms with Crippen LogP contribution in [0.2, 0.25) is 0 Å². The number of fused-ring (bicyclic) bond motifs is 1. The third kappa shape index (κ3) is 2.68. The summed E-state index contributed by atoms with van der Waals surface area (Å²) < 4.78 is 2.19. The largest absolute Gasteiger partial charge is 0.343 e. The van der Waals surface area contributed by atoms with Gasteiger partial charge in [-0.15, -0.1) is 0 Å². The lowest BCUT2D eigenvalue weighted by molar-refractivity contribution is 0.828. The van der Waals surface area contributed by atoms with E-state index >= 15 is 0 Å². The normalized spacial score (nSPS) is 11.0. The van der Waals surface area contributed by atoms with Gasteiger partial charge < -0.3 is 4.57 Å². The fourth-order valence-electron chi connectivity index (χ4n) is 2.60. The minimum Gasteiger partial charge on any atom is -0.343 e. The van der Waals surface area contributed by atoms with Crippen LogP contribution in [-0.4, -0.2) is 4.57 Å². The van der Waals surface area contributed by atoms with Gasteiger partial charge in [-0.25, -0.2) is 0 Å². The number of rotatable bonds is 3. The molecule has 1 aromatic heterocycles. The molecule has 104 valence electrons. The van der Waals surface area contributed by atoms with Crippen LogP contribution in [0.4, 0.5) is 0 Å². The summed E-state index contributed by atoms with van der Waals surface area (Å²) >= 11 is 0. The fraction of sp³-hybridized carbons (Fsp3) is 0.211. The number of nitriles is 1. The van der Waals surface area contributed by atoms with Crippen molar-refractivity contribution in [1.82, 2.24) is 4.57 Å². The Bertz CT molecular complexity index is 802. The fourth-order valence-corrected chi connectivity index (χ4v) is 2.60. The first-order valence-electron chi connectivity index (χ1n) is 7.25. The minimum atomic E-state index is 0.560. The topological polar surface area (TPSA) is 28.7 Å². The standard InChI is InChI=1S/C19H18N2/c1-14(2)17-6-3-15(4-7-17)13-21-10-9-18-8-5-16(12-20)11-19(18)21/h3-11,14H,13H2,1-2H3. The van der Waals surface area contributed by atoms with Crippen molar-refractivity contribution >= 4 is 10.9 Å². The quantitative estimate of drug-likeness (QED) is 0.681. The van der Waals surface area contributed by atoms with Crippen molar-refractivity contribution in [3.8, 4) is 6.07 Å². The molecule has 0 aliphatic rings. The number of nitrogens with zero attached hydrogens (tertiary/aromatic N) is 2. The second kappa shape index (κ2) is 5.46. The zero-order chi connectivity index (χ0) is 14.8. The van der Waals surface area contributed by atoms with Gasteiger partial charge in [0.15, 0.2) is 0 Å². The van der Waals surface area contributed by atoms with Crippen LogP contribution in [0.3, 0.4) is 0 Å². The first-order valence-corrected chi connectivity index (χ1v) is 7.25. The molecule has 0 aliphatic carbocycles. The van der Waals surface area contributed by atoms with E-state index in [1.807, 2.05) is 18.2 Å². The van der Waals surface area contributed by atoms with Gasteiger partial charge in [0.05, 0.1) is 11.6 Å². The molecule has 0 saturated heterocycles. The second-order valence-electron chi connectivity index (χ2n) is 5.73. The van der Waals surface area contributed by atoms with Gasteiger partial charge in [0, 0.05) is 18.3 Å². The molecule has 2 nitrogen and oxygen atoms in total. The van der Waals surface area contributed by atoms with E-state index in [4.69, 9.17) is 5.26 Å². The predicted octanol–water partition coefficient (Wildman–Crippen LogP) is 4.68. The third-order valence-corrected chi connectivity index (χ3v) is 3.90. The molecule has 0 radical (unpaired) electrons. The summed E-state index contributed by atoms with van der Waals surface area (Å²) in [5, 5.41) is 10.2. The Morgan fingerprint density at radius 2 is 1.81 bits per heavy atom. The Morgan fingerprint density at radius 3 is 2.48 bits per heavy atom. The smallest absolute Gasteiger partial charge is 0.0992 e. The number of hydrogen-bond donors (Lipinski definition) is 0. The van der Waals surface area contributed by atoms with Crippen molar-refractivity contribution in [1.29, 1.82) is 5.26 Å². The molecule has 2 heteroatoms. The summed E-state index contributed by atoms with van der Waals surface area (Å²) in [6.45, 7) is 5.24. The van der Waals surface area contributed by atoms with Crippen LogP contribution in [0.1, 0.15) is 36.5 Å². The summed E-state index contributed by atoms with van der Waals surface area (Å²) in [7, 11) is 0. The van der Waals surface area contributed by atoms with E-state index in [-0.39, 0.29) is 0 Å². The Balaban J connectivity index is 1.92. The maximum Gasteiger partial charge on any atom is 0.0992 e. The van der Waals surface area contributed by atoms with Crippen LogP contribution in [-0.2, 0) is 6.54 Å². The Kier molecular flexibility index (Phi) is 3.50. The molecule has 0 saturated carbocycles. The van der Waals surface area contributed by atoms with Crippen LogP contribution in [0, 0.1) is 11.3 Å². The maximum absolute atomic E-state index is 9.04. The monoisotopic (exact) mass is 274 g/mol. The third-order valence-electron chi connectivity index (χ3n) is 3.90. The first-order chi connectivity index (χ1) is 10.2. The molecule has 0 aliphatic heterocycles. The van der Waals surface area contributed by atoms with Crippen molar-refractivity contribution < 1.29 is 0 Å². The molecule has 3 aromatic rings. The Hall–Kier alpha value is -2.53. The molecule has 0 amide bonds. The van der Waals surface area contributed by atoms with E-state index in [1.165, 1.54) is 16.5 Å². The van der Waals surface area contributed by atoms with E-state index in [0.717, 1.165) is 12.1 Å². The summed E-state index contributed by atoms with van der Waals surface area (Å²) in [5.41, 5.74) is 4.46. The Labute approximate surface area is 125 Å². The molecule has 0 atom stereocenters. The zero-order valence-corrected chi connectivity index (χ0v) is 12.4. The summed E-state index contributed by atoms with van der Waals surface area (Å²) in [4.78, 5) is 0. The predicted molar refractivity (Wildman–Crippen MR) is 86.3 cm³/mol. The number of hydrogen-bond acceptors (Lipinski definition) is 1. The molecule has 0 unspecified atom stereocenters. The molecule has 0 spiro atoms. The van der Waals surface area contributed by atoms with E-state index in [9.17, 15) is 0 Å². The summed E-state index contributed by atoms with van der Waals surface area (Å²) in [5.74, 6) is 0.560. The van der Waals surface area contributed by atoms with Gasteiger partial charge in [0.25, 0.3) is 0 Å². The highest BCUT2D eigenvalue weighted by Crippen LogP contribution is 2.20. The van der Waals surface area contributed by atoms with Crippen LogP contribution in [0.5, 0.6) is 0 Å². The van der Waals surface area contributed by atoms with Crippen LogP contribution in [0.25, 0.3) is 10.9 Å². The van der Waals surface area contributed by atoms with Crippen molar-refractivity contribution in [3.05, 3.63) is 71.4 Å². The number of aromatic nitrogens is 1. The molecule has 21 heavy (non-hydrogen) atoms. The molecule has 0 fully saturated rings. The Morgan fingerprint density at radius 1 is 1.05 bits per heavy atom. The molecule has 0 bridgehead atoms. The van der Waals surface area contributed by atoms with Gasteiger partial charge in [-0.2, -0.15) is 5.26 Å². The second-order valence-corrected chi connectivity index (χ2v) is 5.73. The summed E-state index contributed by atoms with van der Waals surface area (Å²) in [6, 6.07) is 18.9. The van der Waals surface area contributed by atoms with Crippen LogP contribution < -0.4 is 0 Å². The molecule has 1 heterocycles. The highest BCUT2D eigenvalue weighted by atomic mass is 14.9. The van der Waals surface area contributed by atoms with Gasteiger partial charge in [-0.05, 0) is 40.6 Å². The van der Waals surface area contributed by atoms with Gasteiger partial charge in [-0.1, -0.05) is 44.2 Å². The molecular formula is C19H18N2. The molecule has 3 rings (SSSR count). The first kappa shape index (κ1) is 13.5. The van der Waals surface area contributed by atoms with Crippen LogP contribution >= 0.6 is 0 Å². The van der Waals surface area contributed by atoms with Crippen molar-refractivity contribution in [2.24, 2.45) is 0 Å². The minimum absolute atomic E-state index is 0.560. The lowest BCUT2D eigenvalue weighted by atomic mass is 10.0. The van der Waals surface area contributed by atoms with Gasteiger partial charge in [0.2, 0.25) is 0 Å². The van der Waals surface area contributed by atoms with E-state index < -0.39 is 0 Å². The molecule has 2 aromatic carbocycles. The van der Waals surface area contributed by atoms with Crippen LogP contribution in [0.15, 0.2) is 54.7 Å². The summed E-state index contributed by atoms with van der Waals surface area (Å²) in [6.07, 6.45) is 2.09. The highest BCUT2D eigenvalue weighted by Gasteiger charge is 2.04. The van der Waals surface area contributed by atoms with Gasteiger partial charge in [0.1, 0.15) is 0 Å². The van der Waals surface area contributed by atoms with E-state index in [2.05, 4.69) is 61.0 Å². The highest BCUT2D eigenvalue weighted by molar-refractivity contribution is 5.81. The lowest BCUT2D eigenvalue weighted by Crippen LogP contribution is -1.98. The van der Waals surface area contributed by atoms with Gasteiger partial charge in [-0.3, -0.25) is 0 Å². The van der Waals surface area contributed by atoms with E-state index in [1.54, 1.807) is 0 Å². The number of benzene rings is 2. The van der Waals surface area contributed by atoms with E-state index in [0.29, 0.717) is 11.5 Å². The van der Waals surface area contributed by atoms with Crippen molar-refractivity contribution in [3.63, 3.8) is 0 Å². The van der Waals surface area contributed by atoms with Crippen molar-refractivity contribution in [2.75, 3.05) is 0 Å². The average molecular weight is 274 g/mol. The SMILES string of the molecule is CC(C)c1ccc(Cn2ccc3ccc(C#N)cc32)cc1. The zero-order valence-electron chi connectivity index (χ0n) is 12.4. The molecule has 0 N–H and O–H groups in total. The van der Waals surface area contributed by atoms with Crippen molar-refractivity contribution in [2.45, 2.75) is 26.3 Å². The maximum atomic E-state index is 9.04.